The van der Waals surface area contributed by atoms with Crippen LogP contribution >= 0.6 is 35.7 Å². The molecule has 142 valence electrons. The zero-order valence-electron chi connectivity index (χ0n) is 15.3. The number of benzene rings is 1. The Morgan fingerprint density at radius 3 is 2.46 bits per heavy atom. The number of nitrogens with one attached hydrogen (secondary N) is 3. The standard InChI is InChI=1S/C19H27N3OS3/c1-12-4-3-5-16(13(12)2)20-19(24)22-21-17(23)14-6-8-15(9-7-14)18-25-10-11-26-18/h6-9,12-13,16,18H,3-5,10-11H2,1-2H3,(H,21,23)(H2,20,22,24)/t12-,13+,16+/m0/s1. The SMILES string of the molecule is C[C@@H]1[C@@H](C)CCC[C@H]1NC(=S)NNC(=O)c1ccc(C2SCCS2)cc1. The second-order valence-corrected chi connectivity index (χ2v) is 10.3. The Bertz CT molecular complexity index is 631. The van der Waals surface area contributed by atoms with E-state index in [-0.39, 0.29) is 5.91 Å². The van der Waals surface area contributed by atoms with Crippen LogP contribution in [0.1, 0.15) is 53.6 Å². The van der Waals surface area contributed by atoms with Crippen LogP contribution in [0.25, 0.3) is 0 Å². The molecule has 0 aromatic heterocycles. The van der Waals surface area contributed by atoms with E-state index in [1.807, 2.05) is 47.8 Å². The van der Waals surface area contributed by atoms with Crippen molar-refractivity contribution in [3.63, 3.8) is 0 Å². The quantitative estimate of drug-likeness (QED) is 0.516. The van der Waals surface area contributed by atoms with Crippen LogP contribution in [0.3, 0.4) is 0 Å². The lowest BCUT2D eigenvalue weighted by Crippen LogP contribution is -2.52. The maximum absolute atomic E-state index is 12.3. The van der Waals surface area contributed by atoms with Gasteiger partial charge in [0.15, 0.2) is 5.11 Å². The molecular weight excluding hydrogens is 382 g/mol. The van der Waals surface area contributed by atoms with Crippen molar-refractivity contribution in [2.75, 3.05) is 11.5 Å². The molecule has 1 amide bonds. The molecule has 2 aliphatic rings. The minimum Gasteiger partial charge on any atom is -0.358 e. The van der Waals surface area contributed by atoms with Crippen LogP contribution in [-0.4, -0.2) is 28.6 Å². The first-order valence-corrected chi connectivity index (χ1v) is 11.7. The Hall–Kier alpha value is -0.920. The molecule has 1 aliphatic carbocycles. The summed E-state index contributed by atoms with van der Waals surface area (Å²) in [6.07, 6.45) is 3.63. The first-order chi connectivity index (χ1) is 12.5. The fraction of sp³-hybridized carbons (Fsp3) is 0.579. The van der Waals surface area contributed by atoms with Crippen LogP contribution in [0.2, 0.25) is 0 Å². The molecule has 2 fully saturated rings. The molecule has 3 rings (SSSR count). The van der Waals surface area contributed by atoms with Crippen LogP contribution in [-0.2, 0) is 0 Å². The fourth-order valence-corrected chi connectivity index (χ4v) is 6.58. The molecule has 1 saturated heterocycles. The largest absolute Gasteiger partial charge is 0.358 e. The topological polar surface area (TPSA) is 53.2 Å². The van der Waals surface area contributed by atoms with Crippen LogP contribution in [0, 0.1) is 11.8 Å². The van der Waals surface area contributed by atoms with E-state index in [1.165, 1.54) is 29.9 Å². The highest BCUT2D eigenvalue weighted by Crippen LogP contribution is 2.45. The average Bonchev–Trinajstić information content (AvgIpc) is 3.18. The van der Waals surface area contributed by atoms with Gasteiger partial charge in [0, 0.05) is 23.1 Å². The van der Waals surface area contributed by atoms with E-state index in [0.717, 1.165) is 6.42 Å². The minimum atomic E-state index is -0.169. The number of carbonyl (C=O) groups excluding carboxylic acids is 1. The maximum Gasteiger partial charge on any atom is 0.269 e. The Morgan fingerprint density at radius 1 is 1.08 bits per heavy atom. The molecule has 7 heteroatoms. The van der Waals surface area contributed by atoms with Crippen molar-refractivity contribution in [1.82, 2.24) is 16.2 Å². The third kappa shape index (κ3) is 5.08. The fourth-order valence-electron chi connectivity index (χ4n) is 3.52. The van der Waals surface area contributed by atoms with Gasteiger partial charge in [0.05, 0.1) is 4.58 Å². The summed E-state index contributed by atoms with van der Waals surface area (Å²) in [6, 6.07) is 8.23. The van der Waals surface area contributed by atoms with Crippen LogP contribution in [0.4, 0.5) is 0 Å². The number of rotatable bonds is 3. The molecule has 0 spiro atoms. The Kier molecular flexibility index (Phi) is 7.12. The molecule has 3 atom stereocenters. The summed E-state index contributed by atoms with van der Waals surface area (Å²) >= 11 is 9.28. The molecule has 0 radical (unpaired) electrons. The minimum absolute atomic E-state index is 0.169. The van der Waals surface area contributed by atoms with Crippen LogP contribution in [0.5, 0.6) is 0 Å². The number of hydrogen-bond acceptors (Lipinski definition) is 4. The summed E-state index contributed by atoms with van der Waals surface area (Å²) in [5, 5.41) is 3.84. The summed E-state index contributed by atoms with van der Waals surface area (Å²) < 4.78 is 0.502. The van der Waals surface area contributed by atoms with Crippen molar-refractivity contribution in [3.05, 3.63) is 35.4 Å². The van der Waals surface area contributed by atoms with Gasteiger partial charge in [-0.25, -0.2) is 0 Å². The van der Waals surface area contributed by atoms with Crippen molar-refractivity contribution in [3.8, 4) is 0 Å². The second-order valence-electron chi connectivity index (χ2n) is 7.12. The second kappa shape index (κ2) is 9.33. The molecule has 1 saturated carbocycles. The Balaban J connectivity index is 1.46. The monoisotopic (exact) mass is 409 g/mol. The highest BCUT2D eigenvalue weighted by atomic mass is 32.2. The first-order valence-electron chi connectivity index (χ1n) is 9.24. The summed E-state index contributed by atoms with van der Waals surface area (Å²) in [6.45, 7) is 4.56. The van der Waals surface area contributed by atoms with Crippen molar-refractivity contribution in [2.45, 2.75) is 43.7 Å². The van der Waals surface area contributed by atoms with Gasteiger partial charge in [0.1, 0.15) is 0 Å². The smallest absolute Gasteiger partial charge is 0.269 e. The normalized spacial score (nSPS) is 26.3. The van der Waals surface area contributed by atoms with E-state index < -0.39 is 0 Å². The first kappa shape index (κ1) is 19.8. The Labute approximate surface area is 170 Å². The zero-order chi connectivity index (χ0) is 18.5. The Morgan fingerprint density at radius 2 is 1.77 bits per heavy atom. The van der Waals surface area contributed by atoms with Gasteiger partial charge in [-0.15, -0.1) is 23.5 Å². The molecule has 1 aliphatic heterocycles. The summed E-state index contributed by atoms with van der Waals surface area (Å²) in [5.41, 5.74) is 7.46. The molecule has 1 aromatic rings. The molecule has 1 heterocycles. The lowest BCUT2D eigenvalue weighted by molar-refractivity contribution is 0.0943. The molecule has 0 bridgehead atoms. The van der Waals surface area contributed by atoms with Gasteiger partial charge < -0.3 is 5.32 Å². The summed E-state index contributed by atoms with van der Waals surface area (Å²) in [4.78, 5) is 12.3. The van der Waals surface area contributed by atoms with Gasteiger partial charge in [0.25, 0.3) is 5.91 Å². The zero-order valence-corrected chi connectivity index (χ0v) is 17.7. The maximum atomic E-state index is 12.3. The highest BCUT2D eigenvalue weighted by molar-refractivity contribution is 8.19. The van der Waals surface area contributed by atoms with Gasteiger partial charge in [0.2, 0.25) is 0 Å². The molecule has 0 unspecified atom stereocenters. The third-order valence-electron chi connectivity index (χ3n) is 5.38. The predicted octanol–water partition coefficient (Wildman–Crippen LogP) is 4.10. The number of thiocarbonyl (C=S) groups is 1. The lowest BCUT2D eigenvalue weighted by Gasteiger charge is -2.35. The number of hydrogen-bond donors (Lipinski definition) is 3. The summed E-state index contributed by atoms with van der Waals surface area (Å²) in [5.74, 6) is 3.51. The van der Waals surface area contributed by atoms with E-state index in [9.17, 15) is 4.79 Å². The van der Waals surface area contributed by atoms with E-state index in [4.69, 9.17) is 12.2 Å². The number of amides is 1. The molecule has 3 N–H and O–H groups in total. The molecule has 4 nitrogen and oxygen atoms in total. The van der Waals surface area contributed by atoms with Crippen LogP contribution < -0.4 is 16.2 Å². The predicted molar refractivity (Wildman–Crippen MR) is 116 cm³/mol. The molecule has 26 heavy (non-hydrogen) atoms. The average molecular weight is 410 g/mol. The number of hydrazine groups is 1. The molecule has 1 aromatic carbocycles. The van der Waals surface area contributed by atoms with E-state index >= 15 is 0 Å². The lowest BCUT2D eigenvalue weighted by atomic mass is 9.78. The van der Waals surface area contributed by atoms with E-state index in [0.29, 0.717) is 33.1 Å². The van der Waals surface area contributed by atoms with Crippen molar-refractivity contribution >= 4 is 46.8 Å². The van der Waals surface area contributed by atoms with Gasteiger partial charge in [-0.05, 0) is 48.2 Å². The van der Waals surface area contributed by atoms with Gasteiger partial charge in [-0.1, -0.05) is 38.8 Å². The number of carbonyl (C=O) groups is 1. The van der Waals surface area contributed by atoms with Gasteiger partial charge >= 0.3 is 0 Å². The van der Waals surface area contributed by atoms with E-state index in [2.05, 4.69) is 30.0 Å². The van der Waals surface area contributed by atoms with Crippen molar-refractivity contribution in [1.29, 1.82) is 0 Å². The highest BCUT2D eigenvalue weighted by Gasteiger charge is 2.27. The van der Waals surface area contributed by atoms with Crippen molar-refractivity contribution < 1.29 is 4.79 Å². The third-order valence-corrected chi connectivity index (χ3v) is 8.70. The van der Waals surface area contributed by atoms with Crippen LogP contribution in [0.15, 0.2) is 24.3 Å². The van der Waals surface area contributed by atoms with Crippen molar-refractivity contribution in [2.24, 2.45) is 11.8 Å². The van der Waals surface area contributed by atoms with Gasteiger partial charge in [-0.3, -0.25) is 15.6 Å². The molecular formula is C19H27N3OS3. The number of thioether (sulfide) groups is 2. The van der Waals surface area contributed by atoms with Gasteiger partial charge in [-0.2, -0.15) is 0 Å². The van der Waals surface area contributed by atoms with E-state index in [1.54, 1.807) is 0 Å². The summed E-state index contributed by atoms with van der Waals surface area (Å²) in [7, 11) is 0.